The third kappa shape index (κ3) is 14.0. The molecular formula is C43H68N6O8S. The maximum atomic E-state index is 14.8. The van der Waals surface area contributed by atoms with E-state index in [0.717, 1.165) is 24.8 Å². The number of benzene rings is 1. The molecule has 0 saturated carbocycles. The number of aliphatic carboxylic acids is 1. The third-order valence-corrected chi connectivity index (χ3v) is 11.9. The largest absolute Gasteiger partial charge is 0.508 e. The molecule has 1 aromatic carbocycles. The SMILES string of the molecule is CCCO[C@H](C[C@H](C(C)C)N(CCC)C(=O)[C@@H](NC(=O)[C@H]1CCCCN1C(=O)CNC)[C@@H](C)CC)c1nc(C(=O)N[C@@H](Cc2ccc(O)cc2)C[C@H](C)C(=O)O)cs1. The van der Waals surface area contributed by atoms with E-state index >= 15 is 0 Å². The number of carboxylic acids is 1. The van der Waals surface area contributed by atoms with Gasteiger partial charge < -0.3 is 40.7 Å². The first-order valence-electron chi connectivity index (χ1n) is 21.1. The van der Waals surface area contributed by atoms with Gasteiger partial charge in [0.1, 0.15) is 34.6 Å². The summed E-state index contributed by atoms with van der Waals surface area (Å²) in [5.74, 6) is -2.76. The van der Waals surface area contributed by atoms with Gasteiger partial charge in [0.15, 0.2) is 0 Å². The molecule has 1 aliphatic rings. The summed E-state index contributed by atoms with van der Waals surface area (Å²) in [4.78, 5) is 75.3. The lowest BCUT2D eigenvalue weighted by atomic mass is 9.91. The van der Waals surface area contributed by atoms with E-state index in [1.165, 1.54) is 11.3 Å². The third-order valence-electron chi connectivity index (χ3n) is 11.0. The highest BCUT2D eigenvalue weighted by Crippen LogP contribution is 2.32. The van der Waals surface area contributed by atoms with Crippen molar-refractivity contribution in [3.8, 4) is 5.75 Å². The summed E-state index contributed by atoms with van der Waals surface area (Å²) in [7, 11) is 1.70. The highest BCUT2D eigenvalue weighted by molar-refractivity contribution is 7.09. The fraction of sp³-hybridized carbons (Fsp3) is 0.674. The number of thiazole rings is 1. The Balaban J connectivity index is 1.88. The summed E-state index contributed by atoms with van der Waals surface area (Å²) < 4.78 is 6.42. The topological polar surface area (TPSA) is 190 Å². The Morgan fingerprint density at radius 3 is 2.31 bits per heavy atom. The standard InChI is InChI=1S/C43H68N6O8S/c1-9-19-49(42(54)38(28(6)11-3)47-40(53)34-14-12-13-20-48(34)37(51)25-44-8)35(27(4)5)24-36(57-21-10-2)41-46-33(26-58-41)39(52)45-31(22-29(7)43(55)56)23-30-15-17-32(50)18-16-30/h15-18,26-29,31,34-36,38,44,50H,9-14,19-25H2,1-8H3,(H,45,52)(H,47,53)(H,55,56)/t28-,29-,31+,34+,35+,36+,38-/m0/s1. The summed E-state index contributed by atoms with van der Waals surface area (Å²) in [6, 6.07) is 4.36. The minimum atomic E-state index is -0.961. The number of hydrogen-bond acceptors (Lipinski definition) is 10. The molecule has 2 heterocycles. The molecule has 0 radical (unpaired) electrons. The van der Waals surface area contributed by atoms with Crippen LogP contribution >= 0.6 is 11.3 Å². The van der Waals surface area contributed by atoms with Crippen molar-refractivity contribution in [3.63, 3.8) is 0 Å². The first-order chi connectivity index (χ1) is 27.6. The maximum Gasteiger partial charge on any atom is 0.306 e. The van der Waals surface area contributed by atoms with E-state index in [0.29, 0.717) is 56.8 Å². The van der Waals surface area contributed by atoms with E-state index in [2.05, 4.69) is 29.8 Å². The van der Waals surface area contributed by atoms with Crippen LogP contribution in [0.5, 0.6) is 5.75 Å². The van der Waals surface area contributed by atoms with Gasteiger partial charge in [-0.3, -0.25) is 24.0 Å². The van der Waals surface area contributed by atoms with Crippen molar-refractivity contribution in [2.75, 3.05) is 33.3 Å². The molecule has 2 aromatic rings. The molecular weight excluding hydrogens is 761 g/mol. The molecule has 324 valence electrons. The van der Waals surface area contributed by atoms with Crippen molar-refractivity contribution in [1.29, 1.82) is 0 Å². The smallest absolute Gasteiger partial charge is 0.306 e. The number of aromatic nitrogens is 1. The van der Waals surface area contributed by atoms with Gasteiger partial charge in [-0.25, -0.2) is 4.98 Å². The quantitative estimate of drug-likeness (QED) is 0.0897. The second-order valence-corrected chi connectivity index (χ2v) is 16.9. The number of rotatable bonds is 24. The van der Waals surface area contributed by atoms with Gasteiger partial charge >= 0.3 is 5.97 Å². The van der Waals surface area contributed by atoms with Crippen molar-refractivity contribution in [2.24, 2.45) is 17.8 Å². The number of ether oxygens (including phenoxy) is 1. The number of likely N-dealkylation sites (N-methyl/N-ethyl adjacent to an activating group) is 1. The molecule has 5 N–H and O–H groups in total. The number of nitrogens with one attached hydrogen (secondary N) is 3. The zero-order valence-electron chi connectivity index (χ0n) is 35.8. The summed E-state index contributed by atoms with van der Waals surface area (Å²) in [6.07, 6.45) is 4.74. The van der Waals surface area contributed by atoms with Crippen molar-refractivity contribution >= 4 is 40.9 Å². The number of nitrogens with zero attached hydrogens (tertiary/aromatic N) is 3. The Morgan fingerprint density at radius 1 is 1.00 bits per heavy atom. The molecule has 7 atom stereocenters. The average Bonchev–Trinajstić information content (AvgIpc) is 3.70. The summed E-state index contributed by atoms with van der Waals surface area (Å²) in [6.45, 7) is 15.3. The molecule has 15 heteroatoms. The van der Waals surface area contributed by atoms with Crippen LogP contribution in [0.25, 0.3) is 0 Å². The van der Waals surface area contributed by atoms with Gasteiger partial charge in [0, 0.05) is 43.6 Å². The first-order valence-corrected chi connectivity index (χ1v) is 22.0. The molecule has 1 aromatic heterocycles. The van der Waals surface area contributed by atoms with Crippen LogP contribution in [0.3, 0.4) is 0 Å². The van der Waals surface area contributed by atoms with Gasteiger partial charge in [0.25, 0.3) is 5.91 Å². The van der Waals surface area contributed by atoms with Crippen LogP contribution in [-0.2, 0) is 30.3 Å². The molecule has 1 aliphatic heterocycles. The second kappa shape index (κ2) is 24.1. The lowest BCUT2D eigenvalue weighted by Crippen LogP contribution is -2.60. The zero-order chi connectivity index (χ0) is 42.9. The van der Waals surface area contributed by atoms with Crippen molar-refractivity contribution < 1.29 is 38.9 Å². The number of amides is 4. The normalized spacial score (nSPS) is 17.5. The van der Waals surface area contributed by atoms with E-state index in [9.17, 15) is 34.2 Å². The van der Waals surface area contributed by atoms with Crippen LogP contribution in [0.2, 0.25) is 0 Å². The lowest BCUT2D eigenvalue weighted by molar-refractivity contribution is -0.146. The predicted molar refractivity (Wildman–Crippen MR) is 225 cm³/mol. The maximum absolute atomic E-state index is 14.8. The van der Waals surface area contributed by atoms with Gasteiger partial charge in [-0.05, 0) is 81.5 Å². The minimum absolute atomic E-state index is 0.00382. The Hall–Kier alpha value is -4.08. The Labute approximate surface area is 348 Å². The Morgan fingerprint density at radius 2 is 1.71 bits per heavy atom. The number of phenols is 1. The van der Waals surface area contributed by atoms with Crippen LogP contribution in [0, 0.1) is 17.8 Å². The molecule has 0 unspecified atom stereocenters. The molecule has 0 bridgehead atoms. The summed E-state index contributed by atoms with van der Waals surface area (Å²) >= 11 is 1.30. The van der Waals surface area contributed by atoms with Crippen LogP contribution in [0.4, 0.5) is 0 Å². The fourth-order valence-corrected chi connectivity index (χ4v) is 8.32. The number of carbonyl (C=O) groups is 5. The van der Waals surface area contributed by atoms with Gasteiger partial charge in [-0.1, -0.05) is 67.0 Å². The molecule has 1 fully saturated rings. The lowest BCUT2D eigenvalue weighted by Gasteiger charge is -2.40. The molecule has 14 nitrogen and oxygen atoms in total. The number of aromatic hydroxyl groups is 1. The van der Waals surface area contributed by atoms with Crippen LogP contribution in [0.15, 0.2) is 29.6 Å². The molecule has 4 amide bonds. The molecule has 0 aliphatic carbocycles. The molecule has 58 heavy (non-hydrogen) atoms. The van der Waals surface area contributed by atoms with Gasteiger partial charge in [0.05, 0.1) is 12.5 Å². The minimum Gasteiger partial charge on any atom is -0.508 e. The van der Waals surface area contributed by atoms with E-state index in [-0.39, 0.29) is 60.0 Å². The van der Waals surface area contributed by atoms with Crippen LogP contribution < -0.4 is 16.0 Å². The van der Waals surface area contributed by atoms with Crippen molar-refractivity contribution in [2.45, 2.75) is 137 Å². The molecule has 1 saturated heterocycles. The first kappa shape index (κ1) is 48.3. The van der Waals surface area contributed by atoms with Crippen molar-refractivity contribution in [1.82, 2.24) is 30.7 Å². The van der Waals surface area contributed by atoms with E-state index in [4.69, 9.17) is 9.72 Å². The van der Waals surface area contributed by atoms with Gasteiger partial charge in [-0.2, -0.15) is 0 Å². The fourth-order valence-electron chi connectivity index (χ4n) is 7.46. The number of hydrogen-bond donors (Lipinski definition) is 5. The van der Waals surface area contributed by atoms with E-state index in [1.807, 2.05) is 32.6 Å². The average molecular weight is 829 g/mol. The van der Waals surface area contributed by atoms with E-state index < -0.39 is 42.0 Å². The number of piperidine rings is 1. The highest BCUT2D eigenvalue weighted by atomic mass is 32.1. The van der Waals surface area contributed by atoms with Gasteiger partial charge in [0.2, 0.25) is 17.7 Å². The number of carboxylic acid groups (broad SMARTS) is 1. The number of carbonyl (C=O) groups excluding carboxylic acids is 4. The monoisotopic (exact) mass is 828 g/mol. The van der Waals surface area contributed by atoms with E-state index in [1.54, 1.807) is 48.5 Å². The Bertz CT molecular complexity index is 1620. The molecule has 3 rings (SSSR count). The number of likely N-dealkylation sites (tertiary alicyclic amines) is 1. The zero-order valence-corrected chi connectivity index (χ0v) is 36.6. The van der Waals surface area contributed by atoms with Gasteiger partial charge in [-0.15, -0.1) is 11.3 Å². The summed E-state index contributed by atoms with van der Waals surface area (Å²) in [5.41, 5.74) is 1.03. The van der Waals surface area contributed by atoms with Crippen molar-refractivity contribution in [3.05, 3.63) is 45.9 Å². The Kier molecular flexibility index (Phi) is 20.1. The second-order valence-electron chi connectivity index (χ2n) is 16.0. The number of phenolic OH excluding ortho intramolecular Hbond substituents is 1. The summed E-state index contributed by atoms with van der Waals surface area (Å²) in [5, 5.41) is 30.6. The predicted octanol–water partition coefficient (Wildman–Crippen LogP) is 5.55. The van der Waals surface area contributed by atoms with Crippen LogP contribution in [0.1, 0.15) is 127 Å². The highest BCUT2D eigenvalue weighted by Gasteiger charge is 2.39. The van der Waals surface area contributed by atoms with Crippen LogP contribution in [-0.4, -0.2) is 112 Å². The molecule has 0 spiro atoms.